The Hall–Kier alpha value is -1.95. The summed E-state index contributed by atoms with van der Waals surface area (Å²) in [7, 11) is 0. The molecule has 0 amide bonds. The van der Waals surface area contributed by atoms with E-state index < -0.39 is 0 Å². The largest absolute Gasteiger partial charge is 0.361 e. The zero-order valence-corrected chi connectivity index (χ0v) is 14.5. The van der Waals surface area contributed by atoms with Crippen molar-refractivity contribution in [3.8, 4) is 0 Å². The summed E-state index contributed by atoms with van der Waals surface area (Å²) < 4.78 is 5.18. The van der Waals surface area contributed by atoms with Gasteiger partial charge in [-0.05, 0) is 39.5 Å². The van der Waals surface area contributed by atoms with Gasteiger partial charge in [0.15, 0.2) is 0 Å². The van der Waals surface area contributed by atoms with E-state index in [1.807, 2.05) is 20.0 Å². The summed E-state index contributed by atoms with van der Waals surface area (Å²) in [6.07, 6.45) is 8.51. The van der Waals surface area contributed by atoms with Crippen molar-refractivity contribution in [2.75, 3.05) is 18.0 Å². The zero-order valence-electron chi connectivity index (χ0n) is 14.5. The molecule has 3 heterocycles. The summed E-state index contributed by atoms with van der Waals surface area (Å²) in [5.74, 6) is 2.05. The molecule has 1 aliphatic heterocycles. The van der Waals surface area contributed by atoms with Crippen molar-refractivity contribution in [2.45, 2.75) is 58.2 Å². The summed E-state index contributed by atoms with van der Waals surface area (Å²) in [6.45, 7) is 7.20. The summed E-state index contributed by atoms with van der Waals surface area (Å²) in [5.41, 5.74) is 2.25. The van der Waals surface area contributed by atoms with Crippen LogP contribution in [0.4, 0.5) is 5.82 Å². The number of hydrogen-bond acceptors (Lipinski definition) is 6. The fourth-order valence-corrected chi connectivity index (χ4v) is 3.67. The van der Waals surface area contributed by atoms with Crippen LogP contribution in [-0.4, -0.2) is 45.2 Å². The Morgan fingerprint density at radius 3 is 2.50 bits per heavy atom. The second-order valence-electron chi connectivity index (χ2n) is 7.07. The van der Waals surface area contributed by atoms with Gasteiger partial charge >= 0.3 is 0 Å². The molecule has 1 aliphatic carbocycles. The van der Waals surface area contributed by atoms with E-state index in [2.05, 4.69) is 31.0 Å². The number of anilines is 1. The molecule has 0 bridgehead atoms. The van der Waals surface area contributed by atoms with Gasteiger partial charge in [0.2, 0.25) is 0 Å². The van der Waals surface area contributed by atoms with Crippen molar-refractivity contribution in [3.05, 3.63) is 35.6 Å². The van der Waals surface area contributed by atoms with Crippen LogP contribution < -0.4 is 4.90 Å². The normalized spacial score (nSPS) is 19.6. The van der Waals surface area contributed by atoms with Crippen molar-refractivity contribution in [2.24, 2.45) is 0 Å². The predicted octanol–water partition coefficient (Wildman–Crippen LogP) is 2.71. The highest BCUT2D eigenvalue weighted by atomic mass is 16.5. The van der Waals surface area contributed by atoms with Crippen molar-refractivity contribution >= 4 is 5.82 Å². The van der Waals surface area contributed by atoms with E-state index in [1.54, 1.807) is 6.33 Å². The molecule has 0 spiro atoms. The highest BCUT2D eigenvalue weighted by Crippen LogP contribution is 2.35. The fourth-order valence-electron chi connectivity index (χ4n) is 3.67. The van der Waals surface area contributed by atoms with E-state index in [1.165, 1.54) is 31.2 Å². The van der Waals surface area contributed by atoms with Gasteiger partial charge in [-0.2, -0.15) is 0 Å². The SMILES string of the molecule is Cc1cc(N(C2CC2)C2CCN(Cc3cnoc3C)CC2)ncn1. The average molecular weight is 327 g/mol. The number of aryl methyl sites for hydroxylation is 2. The van der Waals surface area contributed by atoms with Crippen LogP contribution in [0.25, 0.3) is 0 Å². The van der Waals surface area contributed by atoms with Gasteiger partial charge in [-0.25, -0.2) is 9.97 Å². The second kappa shape index (κ2) is 6.51. The molecule has 4 rings (SSSR count). The van der Waals surface area contributed by atoms with Crippen LogP contribution >= 0.6 is 0 Å². The van der Waals surface area contributed by atoms with Crippen LogP contribution in [0.3, 0.4) is 0 Å². The number of hydrogen-bond donors (Lipinski definition) is 0. The number of piperidine rings is 1. The molecule has 0 N–H and O–H groups in total. The molecule has 128 valence electrons. The highest BCUT2D eigenvalue weighted by Gasteiger charge is 2.36. The fraction of sp³-hybridized carbons (Fsp3) is 0.611. The van der Waals surface area contributed by atoms with E-state index in [9.17, 15) is 0 Å². The molecular formula is C18H25N5O. The first kappa shape index (κ1) is 15.6. The van der Waals surface area contributed by atoms with Gasteiger partial charge in [0.1, 0.15) is 17.9 Å². The van der Waals surface area contributed by atoms with Crippen LogP contribution in [0, 0.1) is 13.8 Å². The van der Waals surface area contributed by atoms with Gasteiger partial charge in [0.25, 0.3) is 0 Å². The lowest BCUT2D eigenvalue weighted by Gasteiger charge is -2.39. The van der Waals surface area contributed by atoms with E-state index >= 15 is 0 Å². The maximum atomic E-state index is 5.18. The minimum atomic E-state index is 0.589. The van der Waals surface area contributed by atoms with E-state index in [0.29, 0.717) is 12.1 Å². The van der Waals surface area contributed by atoms with E-state index in [-0.39, 0.29) is 0 Å². The third-order valence-corrected chi connectivity index (χ3v) is 5.19. The van der Waals surface area contributed by atoms with Gasteiger partial charge in [-0.3, -0.25) is 4.90 Å². The Kier molecular flexibility index (Phi) is 4.22. The minimum absolute atomic E-state index is 0.589. The molecule has 0 aromatic carbocycles. The third kappa shape index (κ3) is 3.29. The maximum Gasteiger partial charge on any atom is 0.138 e. The standard InChI is InChI=1S/C18H25N5O/c1-13-9-18(20-12-19-13)23(16-3-4-16)17-5-7-22(8-6-17)11-15-10-21-24-14(15)2/h9-10,12,16-17H,3-8,11H2,1-2H3. The summed E-state index contributed by atoms with van der Waals surface area (Å²) in [5, 5.41) is 3.89. The lowest BCUT2D eigenvalue weighted by molar-refractivity contribution is 0.199. The molecular weight excluding hydrogens is 302 g/mol. The smallest absolute Gasteiger partial charge is 0.138 e. The third-order valence-electron chi connectivity index (χ3n) is 5.19. The van der Waals surface area contributed by atoms with Gasteiger partial charge in [0.05, 0.1) is 6.20 Å². The number of likely N-dealkylation sites (tertiary alicyclic amines) is 1. The predicted molar refractivity (Wildman–Crippen MR) is 91.8 cm³/mol. The molecule has 0 atom stereocenters. The van der Waals surface area contributed by atoms with E-state index in [4.69, 9.17) is 4.52 Å². The molecule has 24 heavy (non-hydrogen) atoms. The van der Waals surface area contributed by atoms with Crippen molar-refractivity contribution in [1.82, 2.24) is 20.0 Å². The molecule has 0 radical (unpaired) electrons. The molecule has 6 heteroatoms. The summed E-state index contributed by atoms with van der Waals surface area (Å²) >= 11 is 0. The average Bonchev–Trinajstić information content (AvgIpc) is 3.33. The monoisotopic (exact) mass is 327 g/mol. The summed E-state index contributed by atoms with van der Waals surface area (Å²) in [6, 6.07) is 3.40. The van der Waals surface area contributed by atoms with Gasteiger partial charge in [-0.15, -0.1) is 0 Å². The molecule has 0 unspecified atom stereocenters. The van der Waals surface area contributed by atoms with Gasteiger partial charge in [0, 0.05) is 49.0 Å². The Balaban J connectivity index is 1.41. The minimum Gasteiger partial charge on any atom is -0.361 e. The Bertz CT molecular complexity index is 688. The maximum absolute atomic E-state index is 5.18. The number of nitrogens with zero attached hydrogens (tertiary/aromatic N) is 5. The van der Waals surface area contributed by atoms with Crippen LogP contribution in [0.5, 0.6) is 0 Å². The van der Waals surface area contributed by atoms with E-state index in [0.717, 1.165) is 36.9 Å². The van der Waals surface area contributed by atoms with Crippen molar-refractivity contribution < 1.29 is 4.52 Å². The molecule has 2 aromatic rings. The van der Waals surface area contributed by atoms with Gasteiger partial charge < -0.3 is 9.42 Å². The first-order valence-corrected chi connectivity index (χ1v) is 8.90. The first-order chi connectivity index (χ1) is 11.7. The quantitative estimate of drug-likeness (QED) is 0.841. The molecule has 1 saturated carbocycles. The number of rotatable bonds is 5. The Morgan fingerprint density at radius 1 is 1.12 bits per heavy atom. The molecule has 2 aromatic heterocycles. The molecule has 1 saturated heterocycles. The number of aromatic nitrogens is 3. The topological polar surface area (TPSA) is 58.3 Å². The van der Waals surface area contributed by atoms with Crippen molar-refractivity contribution in [3.63, 3.8) is 0 Å². The summed E-state index contributed by atoms with van der Waals surface area (Å²) in [4.78, 5) is 13.9. The highest BCUT2D eigenvalue weighted by molar-refractivity contribution is 5.43. The van der Waals surface area contributed by atoms with Crippen LogP contribution in [0.15, 0.2) is 23.1 Å². The molecule has 2 fully saturated rings. The van der Waals surface area contributed by atoms with Crippen LogP contribution in [-0.2, 0) is 6.54 Å². The lowest BCUT2D eigenvalue weighted by Crippen LogP contribution is -2.46. The second-order valence-corrected chi connectivity index (χ2v) is 7.07. The zero-order chi connectivity index (χ0) is 16.5. The van der Waals surface area contributed by atoms with Crippen LogP contribution in [0.1, 0.15) is 42.7 Å². The Morgan fingerprint density at radius 2 is 1.88 bits per heavy atom. The molecule has 6 nitrogen and oxygen atoms in total. The molecule has 2 aliphatic rings. The van der Waals surface area contributed by atoms with Crippen molar-refractivity contribution in [1.29, 1.82) is 0 Å². The Labute approximate surface area is 142 Å². The van der Waals surface area contributed by atoms with Crippen LogP contribution in [0.2, 0.25) is 0 Å². The van der Waals surface area contributed by atoms with Gasteiger partial charge in [-0.1, -0.05) is 5.16 Å². The lowest BCUT2D eigenvalue weighted by atomic mass is 10.0. The first-order valence-electron chi connectivity index (χ1n) is 8.90.